The van der Waals surface area contributed by atoms with Crippen LogP contribution in [0.5, 0.6) is 5.75 Å². The van der Waals surface area contributed by atoms with Crippen LogP contribution in [0.25, 0.3) is 0 Å². The molecule has 0 saturated carbocycles. The highest BCUT2D eigenvalue weighted by atomic mass is 32.1. The van der Waals surface area contributed by atoms with E-state index in [1.165, 1.54) is 7.05 Å². The number of ether oxygens (including phenoxy) is 1. The highest BCUT2D eigenvalue weighted by molar-refractivity contribution is 7.14. The Labute approximate surface area is 161 Å². The Bertz CT molecular complexity index is 870. The van der Waals surface area contributed by atoms with Gasteiger partial charge in [-0.1, -0.05) is 6.42 Å². The fourth-order valence-corrected chi connectivity index (χ4v) is 3.85. The lowest BCUT2D eigenvalue weighted by Gasteiger charge is -2.25. The van der Waals surface area contributed by atoms with Gasteiger partial charge in [-0.15, -0.1) is 11.3 Å². The molecule has 0 bridgehead atoms. The molecule has 1 saturated heterocycles. The highest BCUT2D eigenvalue weighted by Crippen LogP contribution is 2.32. The number of esters is 1. The van der Waals surface area contributed by atoms with Gasteiger partial charge in [-0.3, -0.25) is 4.90 Å². The van der Waals surface area contributed by atoms with Crippen molar-refractivity contribution in [3.05, 3.63) is 39.0 Å². The molecular formula is C17H16F5N3O2S. The average Bonchev–Trinajstić information content (AvgIpc) is 3.11. The molecule has 1 aliphatic heterocycles. The van der Waals surface area contributed by atoms with Crippen molar-refractivity contribution < 1.29 is 31.5 Å². The van der Waals surface area contributed by atoms with E-state index in [9.17, 15) is 26.7 Å². The number of halogens is 5. The van der Waals surface area contributed by atoms with E-state index in [0.29, 0.717) is 11.6 Å². The molecule has 0 amide bonds. The Kier molecular flexibility index (Phi) is 6.14. The minimum atomic E-state index is -2.33. The highest BCUT2D eigenvalue weighted by Gasteiger charge is 2.30. The second-order valence-electron chi connectivity index (χ2n) is 6.16. The summed E-state index contributed by atoms with van der Waals surface area (Å²) in [5.74, 6) is -13.9. The molecule has 5 nitrogen and oxygen atoms in total. The van der Waals surface area contributed by atoms with E-state index in [2.05, 4.69) is 19.9 Å². The molecule has 0 atom stereocenters. The summed E-state index contributed by atoms with van der Waals surface area (Å²) in [6, 6.07) is 0. The lowest BCUT2D eigenvalue weighted by atomic mass is 10.1. The SMILES string of the molecule is CNc1nc(CN2CCCCC2)sc1C(=O)Oc1c(F)c(F)c(F)c(F)c1F. The van der Waals surface area contributed by atoms with Crippen LogP contribution in [0.3, 0.4) is 0 Å². The van der Waals surface area contributed by atoms with E-state index in [0.717, 1.165) is 43.7 Å². The topological polar surface area (TPSA) is 54.5 Å². The standard InChI is InChI=1S/C17H16F5N3O2S/c1-23-16-15(28-8(24-16)7-25-5-3-2-4-6-25)17(26)27-14-12(21)10(19)9(18)11(20)13(14)22/h23H,2-7H2,1H3. The first kappa shape index (κ1) is 20.5. The first-order valence-corrected chi connectivity index (χ1v) is 9.28. The molecule has 2 aromatic rings. The second-order valence-corrected chi connectivity index (χ2v) is 7.24. The molecule has 1 N–H and O–H groups in total. The van der Waals surface area contributed by atoms with E-state index in [1.54, 1.807) is 0 Å². The number of anilines is 1. The minimum Gasteiger partial charge on any atom is -0.416 e. The van der Waals surface area contributed by atoms with Crippen LogP contribution in [0.2, 0.25) is 0 Å². The van der Waals surface area contributed by atoms with Crippen molar-refractivity contribution in [2.45, 2.75) is 25.8 Å². The molecule has 0 spiro atoms. The van der Waals surface area contributed by atoms with Crippen LogP contribution in [0.15, 0.2) is 0 Å². The van der Waals surface area contributed by atoms with Crippen LogP contribution in [-0.4, -0.2) is 36.0 Å². The zero-order valence-electron chi connectivity index (χ0n) is 14.8. The maximum absolute atomic E-state index is 13.7. The van der Waals surface area contributed by atoms with Crippen LogP contribution < -0.4 is 10.1 Å². The summed E-state index contributed by atoms with van der Waals surface area (Å²) in [5, 5.41) is 3.23. The molecule has 1 fully saturated rings. The number of carbonyl (C=O) groups is 1. The third kappa shape index (κ3) is 3.95. The summed E-state index contributed by atoms with van der Waals surface area (Å²) in [7, 11) is 1.48. The fraction of sp³-hybridized carbons (Fsp3) is 0.412. The zero-order chi connectivity index (χ0) is 20.4. The number of piperidine rings is 1. The normalized spacial score (nSPS) is 14.9. The monoisotopic (exact) mass is 421 g/mol. The Hall–Kier alpha value is -2.27. The van der Waals surface area contributed by atoms with Crippen molar-refractivity contribution in [1.29, 1.82) is 0 Å². The molecule has 11 heteroatoms. The number of likely N-dealkylation sites (tertiary alicyclic amines) is 1. The quantitative estimate of drug-likeness (QED) is 0.259. The molecular weight excluding hydrogens is 405 g/mol. The van der Waals surface area contributed by atoms with Crippen molar-refractivity contribution >= 4 is 23.1 Å². The number of rotatable bonds is 5. The molecule has 1 aromatic carbocycles. The van der Waals surface area contributed by atoms with Crippen molar-refractivity contribution in [2.24, 2.45) is 0 Å². The third-order valence-corrected chi connectivity index (χ3v) is 5.29. The fourth-order valence-electron chi connectivity index (χ4n) is 2.86. The van der Waals surface area contributed by atoms with Gasteiger partial charge in [0.2, 0.25) is 34.8 Å². The van der Waals surface area contributed by atoms with E-state index in [-0.39, 0.29) is 10.7 Å². The number of hydrogen-bond donors (Lipinski definition) is 1. The molecule has 1 aliphatic rings. The molecule has 0 aliphatic carbocycles. The predicted molar refractivity (Wildman–Crippen MR) is 92.0 cm³/mol. The maximum Gasteiger partial charge on any atom is 0.357 e. The summed E-state index contributed by atoms with van der Waals surface area (Å²) >= 11 is 0.932. The number of hydrogen-bond acceptors (Lipinski definition) is 6. The number of nitrogens with one attached hydrogen (secondary N) is 1. The van der Waals surface area contributed by atoms with Gasteiger partial charge in [0, 0.05) is 7.05 Å². The molecule has 0 unspecified atom stereocenters. The van der Waals surface area contributed by atoms with Crippen molar-refractivity contribution in [2.75, 3.05) is 25.5 Å². The van der Waals surface area contributed by atoms with Gasteiger partial charge in [-0.25, -0.2) is 22.9 Å². The zero-order valence-corrected chi connectivity index (χ0v) is 15.6. The van der Waals surface area contributed by atoms with Gasteiger partial charge in [0.1, 0.15) is 5.01 Å². The van der Waals surface area contributed by atoms with Gasteiger partial charge in [0.05, 0.1) is 6.54 Å². The number of nitrogens with zero attached hydrogens (tertiary/aromatic N) is 2. The smallest absolute Gasteiger partial charge is 0.357 e. The van der Waals surface area contributed by atoms with Gasteiger partial charge in [-0.2, -0.15) is 8.78 Å². The number of aromatic nitrogens is 1. The summed E-state index contributed by atoms with van der Waals surface area (Å²) in [5.41, 5.74) is 0. The predicted octanol–water partition coefficient (Wildman–Crippen LogP) is 4.09. The molecule has 1 aromatic heterocycles. The largest absolute Gasteiger partial charge is 0.416 e. The van der Waals surface area contributed by atoms with E-state index < -0.39 is 40.8 Å². The Balaban J connectivity index is 1.85. The maximum atomic E-state index is 13.7. The lowest BCUT2D eigenvalue weighted by Crippen LogP contribution is -2.28. The van der Waals surface area contributed by atoms with E-state index in [4.69, 9.17) is 0 Å². The van der Waals surface area contributed by atoms with Gasteiger partial charge in [-0.05, 0) is 25.9 Å². The van der Waals surface area contributed by atoms with Gasteiger partial charge in [0.15, 0.2) is 10.7 Å². The van der Waals surface area contributed by atoms with Gasteiger partial charge in [0.25, 0.3) is 0 Å². The van der Waals surface area contributed by atoms with Crippen LogP contribution in [-0.2, 0) is 6.54 Å². The van der Waals surface area contributed by atoms with Crippen molar-refractivity contribution in [1.82, 2.24) is 9.88 Å². The minimum absolute atomic E-state index is 0.103. The first-order valence-electron chi connectivity index (χ1n) is 8.46. The summed E-state index contributed by atoms with van der Waals surface area (Å²) in [6.07, 6.45) is 3.26. The number of benzene rings is 1. The average molecular weight is 421 g/mol. The van der Waals surface area contributed by atoms with Gasteiger partial charge < -0.3 is 10.1 Å². The molecule has 3 rings (SSSR count). The lowest BCUT2D eigenvalue weighted by molar-refractivity contribution is 0.0722. The molecule has 152 valence electrons. The Morgan fingerprint density at radius 1 is 1.04 bits per heavy atom. The van der Waals surface area contributed by atoms with Crippen LogP contribution in [0.1, 0.15) is 33.9 Å². The summed E-state index contributed by atoms with van der Waals surface area (Å²) in [6.45, 7) is 2.26. The summed E-state index contributed by atoms with van der Waals surface area (Å²) < 4.78 is 71.7. The van der Waals surface area contributed by atoms with Crippen LogP contribution in [0.4, 0.5) is 27.8 Å². The van der Waals surface area contributed by atoms with Crippen molar-refractivity contribution in [3.8, 4) is 5.75 Å². The summed E-state index contributed by atoms with van der Waals surface area (Å²) in [4.78, 5) is 18.6. The van der Waals surface area contributed by atoms with E-state index >= 15 is 0 Å². The molecule has 0 radical (unpaired) electrons. The first-order chi connectivity index (χ1) is 13.3. The molecule has 28 heavy (non-hydrogen) atoms. The second kappa shape index (κ2) is 8.39. The third-order valence-electron chi connectivity index (χ3n) is 4.27. The van der Waals surface area contributed by atoms with Crippen LogP contribution in [0, 0.1) is 29.1 Å². The number of carbonyl (C=O) groups excluding carboxylic acids is 1. The Morgan fingerprint density at radius 2 is 1.61 bits per heavy atom. The molecule has 2 heterocycles. The van der Waals surface area contributed by atoms with Crippen LogP contribution >= 0.6 is 11.3 Å². The van der Waals surface area contributed by atoms with Crippen molar-refractivity contribution in [3.63, 3.8) is 0 Å². The van der Waals surface area contributed by atoms with E-state index in [1.807, 2.05) is 0 Å². The Morgan fingerprint density at radius 3 is 2.18 bits per heavy atom. The van der Waals surface area contributed by atoms with Gasteiger partial charge >= 0.3 is 5.97 Å². The number of thiazole rings is 1.